The lowest BCUT2D eigenvalue weighted by molar-refractivity contribution is 0.101. The molecule has 0 saturated heterocycles. The van der Waals surface area contributed by atoms with Crippen molar-refractivity contribution in [1.82, 2.24) is 4.98 Å². The molecule has 1 aromatic carbocycles. The standard InChI is InChI=1S/C12H4ClF5N2O/c13-11-4(2-1-3-19-11)20-12(21)5-6(14)8(16)10(18)9(17)7(5)15/h1-3H,(H,20,21). The minimum Gasteiger partial charge on any atom is -0.319 e. The summed E-state index contributed by atoms with van der Waals surface area (Å²) >= 11 is 5.60. The summed E-state index contributed by atoms with van der Waals surface area (Å²) in [5.74, 6) is -12.8. The maximum absolute atomic E-state index is 13.4. The van der Waals surface area contributed by atoms with Crippen LogP contribution in [-0.2, 0) is 0 Å². The van der Waals surface area contributed by atoms with E-state index in [1.165, 1.54) is 18.3 Å². The van der Waals surface area contributed by atoms with E-state index in [0.29, 0.717) is 0 Å². The molecular formula is C12H4ClF5N2O. The Kier molecular flexibility index (Phi) is 4.08. The molecule has 1 amide bonds. The van der Waals surface area contributed by atoms with Gasteiger partial charge in [-0.1, -0.05) is 11.6 Å². The van der Waals surface area contributed by atoms with Crippen molar-refractivity contribution in [3.8, 4) is 0 Å². The number of carbonyl (C=O) groups is 1. The van der Waals surface area contributed by atoms with Gasteiger partial charge < -0.3 is 5.32 Å². The summed E-state index contributed by atoms with van der Waals surface area (Å²) in [4.78, 5) is 15.3. The monoisotopic (exact) mass is 322 g/mol. The highest BCUT2D eigenvalue weighted by Crippen LogP contribution is 2.25. The molecule has 0 aliphatic carbocycles. The van der Waals surface area contributed by atoms with E-state index >= 15 is 0 Å². The highest BCUT2D eigenvalue weighted by Gasteiger charge is 2.29. The van der Waals surface area contributed by atoms with Gasteiger partial charge in [0.25, 0.3) is 5.91 Å². The average molecular weight is 323 g/mol. The Morgan fingerprint density at radius 1 is 1.00 bits per heavy atom. The van der Waals surface area contributed by atoms with E-state index in [1.54, 1.807) is 0 Å². The number of pyridine rings is 1. The van der Waals surface area contributed by atoms with Crippen LogP contribution in [0.15, 0.2) is 18.3 Å². The Bertz CT molecular complexity index is 709. The number of hydrogen-bond acceptors (Lipinski definition) is 2. The highest BCUT2D eigenvalue weighted by molar-refractivity contribution is 6.32. The van der Waals surface area contributed by atoms with Crippen molar-refractivity contribution < 1.29 is 26.7 Å². The van der Waals surface area contributed by atoms with Gasteiger partial charge in [-0.25, -0.2) is 26.9 Å². The minimum atomic E-state index is -2.35. The molecule has 0 aliphatic rings. The Hall–Kier alpha value is -2.22. The van der Waals surface area contributed by atoms with Crippen molar-refractivity contribution in [1.29, 1.82) is 0 Å². The van der Waals surface area contributed by atoms with Crippen LogP contribution in [0.3, 0.4) is 0 Å². The molecule has 2 aromatic rings. The molecule has 110 valence electrons. The third kappa shape index (κ3) is 2.66. The first-order valence-electron chi connectivity index (χ1n) is 5.28. The number of carbonyl (C=O) groups excluding carboxylic acids is 1. The number of anilines is 1. The quantitative estimate of drug-likeness (QED) is 0.396. The van der Waals surface area contributed by atoms with Crippen LogP contribution < -0.4 is 5.32 Å². The van der Waals surface area contributed by atoms with Crippen LogP contribution >= 0.6 is 11.6 Å². The van der Waals surface area contributed by atoms with Gasteiger partial charge in [-0.2, -0.15) is 0 Å². The van der Waals surface area contributed by atoms with E-state index in [9.17, 15) is 26.7 Å². The summed E-state index contributed by atoms with van der Waals surface area (Å²) in [6.45, 7) is 0. The zero-order valence-corrected chi connectivity index (χ0v) is 10.6. The molecule has 0 saturated carbocycles. The molecule has 1 N–H and O–H groups in total. The van der Waals surface area contributed by atoms with Gasteiger partial charge in [0.2, 0.25) is 5.82 Å². The Morgan fingerprint density at radius 2 is 1.52 bits per heavy atom. The highest BCUT2D eigenvalue weighted by atomic mass is 35.5. The summed E-state index contributed by atoms with van der Waals surface area (Å²) in [6.07, 6.45) is 1.27. The zero-order valence-electron chi connectivity index (χ0n) is 9.86. The van der Waals surface area contributed by atoms with Crippen molar-refractivity contribution in [2.45, 2.75) is 0 Å². The SMILES string of the molecule is O=C(Nc1cccnc1Cl)c1c(F)c(F)c(F)c(F)c1F. The smallest absolute Gasteiger partial charge is 0.261 e. The van der Waals surface area contributed by atoms with Gasteiger partial charge in [0, 0.05) is 6.20 Å². The molecule has 3 nitrogen and oxygen atoms in total. The van der Waals surface area contributed by atoms with Gasteiger partial charge in [0.15, 0.2) is 28.4 Å². The summed E-state index contributed by atoms with van der Waals surface area (Å²) in [6, 6.07) is 2.58. The second kappa shape index (κ2) is 5.65. The first kappa shape index (κ1) is 15.2. The van der Waals surface area contributed by atoms with Crippen molar-refractivity contribution in [3.63, 3.8) is 0 Å². The zero-order chi connectivity index (χ0) is 15.7. The molecule has 9 heteroatoms. The Balaban J connectivity index is 2.48. The van der Waals surface area contributed by atoms with Crippen molar-refractivity contribution in [2.75, 3.05) is 5.32 Å². The first-order valence-corrected chi connectivity index (χ1v) is 5.65. The predicted octanol–water partition coefficient (Wildman–Crippen LogP) is 3.68. The van der Waals surface area contributed by atoms with E-state index in [0.717, 1.165) is 0 Å². The van der Waals surface area contributed by atoms with E-state index < -0.39 is 40.6 Å². The Labute approximate surface area is 119 Å². The lowest BCUT2D eigenvalue weighted by Crippen LogP contribution is -2.19. The maximum Gasteiger partial charge on any atom is 0.261 e. The molecule has 1 aromatic heterocycles. The number of halogens is 6. The fraction of sp³-hybridized carbons (Fsp3) is 0. The van der Waals surface area contributed by atoms with Gasteiger partial charge in [0.05, 0.1) is 5.69 Å². The van der Waals surface area contributed by atoms with Crippen LogP contribution in [-0.4, -0.2) is 10.9 Å². The number of aromatic nitrogens is 1. The van der Waals surface area contributed by atoms with Gasteiger partial charge in [-0.15, -0.1) is 0 Å². The predicted molar refractivity (Wildman–Crippen MR) is 63.4 cm³/mol. The molecule has 0 spiro atoms. The van der Waals surface area contributed by atoms with Crippen molar-refractivity contribution in [2.24, 2.45) is 0 Å². The third-order valence-corrected chi connectivity index (χ3v) is 2.75. The molecule has 0 atom stereocenters. The number of benzene rings is 1. The normalized spacial score (nSPS) is 10.6. The van der Waals surface area contributed by atoms with Crippen LogP contribution in [0.5, 0.6) is 0 Å². The number of hydrogen-bond donors (Lipinski definition) is 1. The van der Waals surface area contributed by atoms with Gasteiger partial charge in [-0.3, -0.25) is 4.79 Å². The molecule has 1 heterocycles. The molecule has 0 unspecified atom stereocenters. The van der Waals surface area contributed by atoms with E-state index in [4.69, 9.17) is 11.6 Å². The largest absolute Gasteiger partial charge is 0.319 e. The van der Waals surface area contributed by atoms with Crippen molar-refractivity contribution in [3.05, 3.63) is 58.1 Å². The van der Waals surface area contributed by atoms with E-state index in [-0.39, 0.29) is 10.8 Å². The summed E-state index contributed by atoms with van der Waals surface area (Å²) in [7, 11) is 0. The third-order valence-electron chi connectivity index (χ3n) is 2.44. The summed E-state index contributed by atoms with van der Waals surface area (Å²) < 4.78 is 65.7. The van der Waals surface area contributed by atoms with E-state index in [1.807, 2.05) is 5.32 Å². The van der Waals surface area contributed by atoms with Gasteiger partial charge >= 0.3 is 0 Å². The van der Waals surface area contributed by atoms with Gasteiger partial charge in [0.1, 0.15) is 5.56 Å². The molecular weight excluding hydrogens is 319 g/mol. The van der Waals surface area contributed by atoms with Crippen molar-refractivity contribution >= 4 is 23.2 Å². The number of amides is 1. The lowest BCUT2D eigenvalue weighted by Gasteiger charge is -2.09. The summed E-state index contributed by atoms with van der Waals surface area (Å²) in [5, 5.41) is 1.70. The van der Waals surface area contributed by atoms with Crippen LogP contribution in [0.2, 0.25) is 5.15 Å². The molecule has 0 fully saturated rings. The molecule has 2 rings (SSSR count). The average Bonchev–Trinajstić information content (AvgIpc) is 2.46. The second-order valence-electron chi connectivity index (χ2n) is 3.74. The lowest BCUT2D eigenvalue weighted by atomic mass is 10.1. The topological polar surface area (TPSA) is 42.0 Å². The van der Waals surface area contributed by atoms with Crippen LogP contribution in [0, 0.1) is 29.1 Å². The summed E-state index contributed by atoms with van der Waals surface area (Å²) in [5.41, 5.74) is -1.75. The number of rotatable bonds is 2. The Morgan fingerprint density at radius 3 is 2.05 bits per heavy atom. The first-order chi connectivity index (χ1) is 9.84. The van der Waals surface area contributed by atoms with E-state index in [2.05, 4.69) is 4.98 Å². The fourth-order valence-corrected chi connectivity index (χ4v) is 1.63. The number of nitrogens with zero attached hydrogens (tertiary/aromatic N) is 1. The second-order valence-corrected chi connectivity index (χ2v) is 4.10. The maximum atomic E-state index is 13.4. The number of nitrogens with one attached hydrogen (secondary N) is 1. The van der Waals surface area contributed by atoms with Crippen LogP contribution in [0.4, 0.5) is 27.6 Å². The molecule has 21 heavy (non-hydrogen) atoms. The molecule has 0 radical (unpaired) electrons. The minimum absolute atomic E-state index is 0.145. The van der Waals surface area contributed by atoms with Gasteiger partial charge in [-0.05, 0) is 12.1 Å². The van der Waals surface area contributed by atoms with Crippen LogP contribution in [0.1, 0.15) is 10.4 Å². The molecule has 0 aliphatic heterocycles. The van der Waals surface area contributed by atoms with Crippen LogP contribution in [0.25, 0.3) is 0 Å². The fourth-order valence-electron chi connectivity index (χ4n) is 1.47. The molecule has 0 bridgehead atoms.